The first-order valence-electron chi connectivity index (χ1n) is 7.29. The zero-order chi connectivity index (χ0) is 14.4. The third-order valence-corrected chi connectivity index (χ3v) is 4.50. The van der Waals surface area contributed by atoms with Crippen LogP contribution in [0.3, 0.4) is 0 Å². The number of hydrogen-bond donors (Lipinski definition) is 2. The molecule has 0 aliphatic heterocycles. The van der Waals surface area contributed by atoms with E-state index in [4.69, 9.17) is 0 Å². The standard InChI is InChI=1S/C15H16N4O2/c20-8-9-2-1-3-10(6-9)19-13-11-4-5-16-14(11)17-7-12(13)18-15(19)21/h4-5,7-10H,1-3,6H2,(H,16,17)(H,18,21)/t9-,10-/m1/s1. The molecule has 2 atom stereocenters. The lowest BCUT2D eigenvalue weighted by Gasteiger charge is -2.27. The first-order valence-corrected chi connectivity index (χ1v) is 7.29. The highest BCUT2D eigenvalue weighted by Crippen LogP contribution is 2.33. The molecule has 1 aliphatic rings. The summed E-state index contributed by atoms with van der Waals surface area (Å²) in [6, 6.07) is 2.02. The summed E-state index contributed by atoms with van der Waals surface area (Å²) in [6.45, 7) is 0. The Labute approximate surface area is 120 Å². The van der Waals surface area contributed by atoms with Crippen LogP contribution in [0.1, 0.15) is 31.7 Å². The SMILES string of the molecule is O=C[C@@H]1CCC[C@@H](n2c(=O)[nH]c3cnc4[nH]ccc4c32)C1. The third kappa shape index (κ3) is 1.82. The smallest absolute Gasteiger partial charge is 0.326 e. The Balaban J connectivity index is 1.94. The summed E-state index contributed by atoms with van der Waals surface area (Å²) < 4.78 is 1.82. The zero-order valence-corrected chi connectivity index (χ0v) is 11.5. The van der Waals surface area contributed by atoms with Crippen molar-refractivity contribution >= 4 is 28.4 Å². The Morgan fingerprint density at radius 3 is 3.14 bits per heavy atom. The number of aromatic amines is 2. The number of fused-ring (bicyclic) bond motifs is 3. The Kier molecular flexibility index (Phi) is 2.70. The van der Waals surface area contributed by atoms with E-state index in [1.165, 1.54) is 0 Å². The van der Waals surface area contributed by atoms with Gasteiger partial charge in [-0.25, -0.2) is 9.78 Å². The van der Waals surface area contributed by atoms with E-state index in [1.54, 1.807) is 6.20 Å². The summed E-state index contributed by atoms with van der Waals surface area (Å²) in [6.07, 6.45) is 8.13. The van der Waals surface area contributed by atoms with E-state index >= 15 is 0 Å². The number of pyridine rings is 1. The molecule has 0 amide bonds. The van der Waals surface area contributed by atoms with Gasteiger partial charge in [0.15, 0.2) is 0 Å². The Hall–Kier alpha value is -2.37. The first-order chi connectivity index (χ1) is 10.3. The lowest BCUT2D eigenvalue weighted by Crippen LogP contribution is -2.27. The van der Waals surface area contributed by atoms with Crippen LogP contribution in [0.4, 0.5) is 0 Å². The van der Waals surface area contributed by atoms with Crippen molar-refractivity contribution in [3.63, 3.8) is 0 Å². The van der Waals surface area contributed by atoms with Gasteiger partial charge in [0, 0.05) is 23.5 Å². The molecule has 0 aromatic carbocycles. The fourth-order valence-corrected chi connectivity index (χ4v) is 3.53. The van der Waals surface area contributed by atoms with Crippen molar-refractivity contribution in [2.24, 2.45) is 5.92 Å². The molecule has 3 aromatic rings. The second kappa shape index (κ2) is 4.58. The molecule has 0 unspecified atom stereocenters. The summed E-state index contributed by atoms with van der Waals surface area (Å²) in [5.41, 5.74) is 2.30. The van der Waals surface area contributed by atoms with Gasteiger partial charge in [-0.3, -0.25) is 4.57 Å². The highest BCUT2D eigenvalue weighted by molar-refractivity contribution is 6.00. The molecule has 1 aliphatic carbocycles. The lowest BCUT2D eigenvalue weighted by atomic mass is 9.86. The second-order valence-electron chi connectivity index (χ2n) is 5.78. The fraction of sp³-hybridized carbons (Fsp3) is 0.400. The molecule has 0 radical (unpaired) electrons. The minimum Gasteiger partial charge on any atom is -0.346 e. The maximum Gasteiger partial charge on any atom is 0.326 e. The van der Waals surface area contributed by atoms with Gasteiger partial charge < -0.3 is 14.8 Å². The Morgan fingerprint density at radius 2 is 2.29 bits per heavy atom. The average Bonchev–Trinajstić information content (AvgIpc) is 3.09. The summed E-state index contributed by atoms with van der Waals surface area (Å²) >= 11 is 0. The highest BCUT2D eigenvalue weighted by Gasteiger charge is 2.26. The first kappa shape index (κ1) is 12.4. The van der Waals surface area contributed by atoms with Crippen LogP contribution in [-0.2, 0) is 4.79 Å². The quantitative estimate of drug-likeness (QED) is 0.707. The number of aromatic nitrogens is 4. The van der Waals surface area contributed by atoms with Crippen molar-refractivity contribution in [3.05, 3.63) is 28.9 Å². The molecule has 2 N–H and O–H groups in total. The predicted octanol–water partition coefficient (Wildman–Crippen LogP) is 2.14. The van der Waals surface area contributed by atoms with Crippen LogP contribution in [0.15, 0.2) is 23.3 Å². The van der Waals surface area contributed by atoms with Gasteiger partial charge in [0.1, 0.15) is 11.9 Å². The van der Waals surface area contributed by atoms with Crippen LogP contribution < -0.4 is 5.69 Å². The van der Waals surface area contributed by atoms with E-state index in [1.807, 2.05) is 16.8 Å². The van der Waals surface area contributed by atoms with Crippen LogP contribution in [-0.4, -0.2) is 25.8 Å². The molecule has 4 rings (SSSR count). The maximum atomic E-state index is 12.4. The van der Waals surface area contributed by atoms with Crippen LogP contribution in [0.25, 0.3) is 22.1 Å². The average molecular weight is 284 g/mol. The molecule has 0 spiro atoms. The molecule has 21 heavy (non-hydrogen) atoms. The molecule has 6 heteroatoms. The van der Waals surface area contributed by atoms with E-state index in [2.05, 4.69) is 15.0 Å². The summed E-state index contributed by atoms with van der Waals surface area (Å²) in [5, 5.41) is 0.944. The zero-order valence-electron chi connectivity index (χ0n) is 11.5. The number of nitrogens with zero attached hydrogens (tertiary/aromatic N) is 2. The summed E-state index contributed by atoms with van der Waals surface area (Å²) in [7, 11) is 0. The maximum absolute atomic E-state index is 12.4. The van der Waals surface area contributed by atoms with Gasteiger partial charge in [-0.05, 0) is 25.3 Å². The monoisotopic (exact) mass is 284 g/mol. The van der Waals surface area contributed by atoms with Crippen molar-refractivity contribution < 1.29 is 4.79 Å². The molecular weight excluding hydrogens is 268 g/mol. The lowest BCUT2D eigenvalue weighted by molar-refractivity contribution is -0.112. The van der Waals surface area contributed by atoms with Gasteiger partial charge in [0.2, 0.25) is 0 Å². The van der Waals surface area contributed by atoms with Gasteiger partial charge in [-0.15, -0.1) is 0 Å². The van der Waals surface area contributed by atoms with E-state index in [9.17, 15) is 9.59 Å². The van der Waals surface area contributed by atoms with Crippen molar-refractivity contribution in [2.45, 2.75) is 31.7 Å². The van der Waals surface area contributed by atoms with E-state index in [0.717, 1.165) is 54.0 Å². The molecule has 0 bridgehead atoms. The van der Waals surface area contributed by atoms with Crippen molar-refractivity contribution in [1.82, 2.24) is 19.5 Å². The van der Waals surface area contributed by atoms with Crippen LogP contribution in [0.2, 0.25) is 0 Å². The Bertz CT molecular complexity index is 873. The fourth-order valence-electron chi connectivity index (χ4n) is 3.53. The number of rotatable bonds is 2. The molecule has 3 heterocycles. The number of nitrogens with one attached hydrogen (secondary N) is 2. The van der Waals surface area contributed by atoms with Gasteiger partial charge in [-0.1, -0.05) is 6.42 Å². The predicted molar refractivity (Wildman–Crippen MR) is 79.3 cm³/mol. The minimum atomic E-state index is -0.114. The van der Waals surface area contributed by atoms with Crippen molar-refractivity contribution in [1.29, 1.82) is 0 Å². The molecular formula is C15H16N4O2. The van der Waals surface area contributed by atoms with Crippen molar-refractivity contribution in [2.75, 3.05) is 0 Å². The number of H-pyrrole nitrogens is 2. The van der Waals surface area contributed by atoms with E-state index < -0.39 is 0 Å². The number of carbonyl (C=O) groups excluding carboxylic acids is 1. The minimum absolute atomic E-state index is 0.0594. The molecule has 1 fully saturated rings. The van der Waals surface area contributed by atoms with Crippen LogP contribution in [0, 0.1) is 5.92 Å². The van der Waals surface area contributed by atoms with Gasteiger partial charge in [0.25, 0.3) is 0 Å². The highest BCUT2D eigenvalue weighted by atomic mass is 16.1. The number of aldehydes is 1. The number of hydrogen-bond acceptors (Lipinski definition) is 3. The van der Waals surface area contributed by atoms with E-state index in [-0.39, 0.29) is 17.6 Å². The van der Waals surface area contributed by atoms with Gasteiger partial charge >= 0.3 is 5.69 Å². The van der Waals surface area contributed by atoms with Crippen LogP contribution in [0.5, 0.6) is 0 Å². The summed E-state index contributed by atoms with van der Waals surface area (Å²) in [5.74, 6) is 0.0594. The van der Waals surface area contributed by atoms with Gasteiger partial charge in [0.05, 0.1) is 17.2 Å². The number of carbonyl (C=O) groups is 1. The van der Waals surface area contributed by atoms with Crippen molar-refractivity contribution in [3.8, 4) is 0 Å². The third-order valence-electron chi connectivity index (χ3n) is 4.50. The second-order valence-corrected chi connectivity index (χ2v) is 5.78. The molecule has 108 valence electrons. The van der Waals surface area contributed by atoms with E-state index in [0.29, 0.717) is 0 Å². The molecule has 3 aromatic heterocycles. The topological polar surface area (TPSA) is 83.5 Å². The summed E-state index contributed by atoms with van der Waals surface area (Å²) in [4.78, 5) is 33.7. The van der Waals surface area contributed by atoms with Gasteiger partial charge in [-0.2, -0.15) is 0 Å². The molecule has 6 nitrogen and oxygen atoms in total. The molecule has 0 saturated heterocycles. The Morgan fingerprint density at radius 1 is 1.38 bits per heavy atom. The van der Waals surface area contributed by atoms with Crippen LogP contribution >= 0.6 is 0 Å². The number of imidazole rings is 1. The normalized spacial score (nSPS) is 22.9. The molecule has 1 saturated carbocycles. The largest absolute Gasteiger partial charge is 0.346 e.